The van der Waals surface area contributed by atoms with E-state index in [0.29, 0.717) is 11.3 Å². The molecule has 1 amide bonds. The molecule has 0 atom stereocenters. The largest absolute Gasteiger partial charge is 0.322 e. The number of nitrogens with one attached hydrogen (secondary N) is 1. The predicted molar refractivity (Wildman–Crippen MR) is 110 cm³/mol. The molecule has 8 heteroatoms. The Hall–Kier alpha value is -2.81. The Morgan fingerprint density at radius 2 is 1.83 bits per heavy atom. The van der Waals surface area contributed by atoms with E-state index in [-0.39, 0.29) is 10.8 Å². The SMILES string of the molecule is CON(C)S(=O)(=O)c1ccc(NC(=O)c2c3c(nc4ccccc24)CCC3)cc1. The molecule has 4 rings (SSSR count). The summed E-state index contributed by atoms with van der Waals surface area (Å²) in [5, 5.41) is 3.72. The van der Waals surface area contributed by atoms with Crippen molar-refractivity contribution in [1.29, 1.82) is 0 Å². The number of anilines is 1. The number of sulfonamides is 1. The number of aromatic nitrogens is 1. The van der Waals surface area contributed by atoms with Gasteiger partial charge in [-0.1, -0.05) is 22.7 Å². The molecule has 0 spiro atoms. The highest BCUT2D eigenvalue weighted by Gasteiger charge is 2.24. The van der Waals surface area contributed by atoms with Crippen molar-refractivity contribution >= 4 is 32.5 Å². The highest BCUT2D eigenvalue weighted by atomic mass is 32.2. The van der Waals surface area contributed by atoms with Gasteiger partial charge in [-0.2, -0.15) is 0 Å². The molecule has 1 aliphatic rings. The Balaban J connectivity index is 1.66. The number of pyridine rings is 1. The van der Waals surface area contributed by atoms with Gasteiger partial charge >= 0.3 is 0 Å². The van der Waals surface area contributed by atoms with E-state index in [2.05, 4.69) is 5.32 Å². The van der Waals surface area contributed by atoms with Gasteiger partial charge in [0.25, 0.3) is 15.9 Å². The van der Waals surface area contributed by atoms with Crippen LogP contribution in [0.5, 0.6) is 0 Å². The molecule has 1 heterocycles. The van der Waals surface area contributed by atoms with Crippen LogP contribution in [-0.2, 0) is 27.7 Å². The molecule has 0 fully saturated rings. The molecule has 1 aromatic heterocycles. The lowest BCUT2D eigenvalue weighted by Gasteiger charge is -2.15. The zero-order valence-corrected chi connectivity index (χ0v) is 17.0. The van der Waals surface area contributed by atoms with Gasteiger partial charge in [0.05, 0.1) is 23.1 Å². The predicted octanol–water partition coefficient (Wildman–Crippen LogP) is 3.16. The summed E-state index contributed by atoms with van der Waals surface area (Å²) in [5.41, 5.74) is 3.96. The van der Waals surface area contributed by atoms with Crippen LogP contribution in [-0.4, -0.2) is 37.9 Å². The number of benzene rings is 2. The van der Waals surface area contributed by atoms with Gasteiger partial charge in [0.2, 0.25) is 0 Å². The summed E-state index contributed by atoms with van der Waals surface area (Å²) in [6.07, 6.45) is 2.69. The summed E-state index contributed by atoms with van der Waals surface area (Å²) in [6.45, 7) is 0. The number of nitrogens with zero attached hydrogens (tertiary/aromatic N) is 2. The van der Waals surface area contributed by atoms with Crippen LogP contribution in [0.2, 0.25) is 0 Å². The first-order chi connectivity index (χ1) is 13.9. The smallest absolute Gasteiger partial charge is 0.264 e. The molecule has 1 N–H and O–H groups in total. The number of hydroxylamine groups is 1. The van der Waals surface area contributed by atoms with E-state index in [9.17, 15) is 13.2 Å². The topological polar surface area (TPSA) is 88.6 Å². The van der Waals surface area contributed by atoms with Gasteiger partial charge in [-0.15, -0.1) is 0 Å². The quantitative estimate of drug-likeness (QED) is 0.652. The highest BCUT2D eigenvalue weighted by molar-refractivity contribution is 7.89. The zero-order chi connectivity index (χ0) is 20.6. The molecular formula is C21H21N3O4S. The van der Waals surface area contributed by atoms with Gasteiger partial charge in [-0.25, -0.2) is 8.42 Å². The van der Waals surface area contributed by atoms with Crippen molar-refractivity contribution in [3.8, 4) is 0 Å². The van der Waals surface area contributed by atoms with E-state index in [1.807, 2.05) is 24.3 Å². The Kier molecular flexibility index (Phi) is 5.08. The number of aryl methyl sites for hydroxylation is 1. The van der Waals surface area contributed by atoms with Crippen LogP contribution < -0.4 is 5.32 Å². The molecule has 0 saturated carbocycles. The summed E-state index contributed by atoms with van der Waals surface area (Å²) in [7, 11) is -1.13. The Labute approximate surface area is 169 Å². The molecule has 0 bridgehead atoms. The zero-order valence-electron chi connectivity index (χ0n) is 16.2. The molecule has 150 valence electrons. The third-order valence-corrected chi connectivity index (χ3v) is 6.85. The lowest BCUT2D eigenvalue weighted by atomic mass is 10.0. The van der Waals surface area contributed by atoms with Crippen molar-refractivity contribution < 1.29 is 18.0 Å². The molecule has 0 aliphatic heterocycles. The summed E-state index contributed by atoms with van der Waals surface area (Å²) < 4.78 is 25.4. The summed E-state index contributed by atoms with van der Waals surface area (Å²) >= 11 is 0. The summed E-state index contributed by atoms with van der Waals surface area (Å²) in [6, 6.07) is 13.6. The maximum absolute atomic E-state index is 13.1. The average molecular weight is 411 g/mol. The van der Waals surface area contributed by atoms with E-state index in [1.54, 1.807) is 12.1 Å². The number of hydrogen-bond donors (Lipinski definition) is 1. The van der Waals surface area contributed by atoms with Gasteiger partial charge in [0.1, 0.15) is 0 Å². The Morgan fingerprint density at radius 1 is 1.10 bits per heavy atom. The molecule has 29 heavy (non-hydrogen) atoms. The second-order valence-corrected chi connectivity index (χ2v) is 8.79. The van der Waals surface area contributed by atoms with E-state index >= 15 is 0 Å². The number of carbonyl (C=O) groups is 1. The van der Waals surface area contributed by atoms with Gasteiger partial charge in [-0.05, 0) is 55.2 Å². The van der Waals surface area contributed by atoms with Crippen molar-refractivity contribution in [2.45, 2.75) is 24.2 Å². The number of carbonyl (C=O) groups excluding carboxylic acids is 1. The fraction of sp³-hybridized carbons (Fsp3) is 0.238. The summed E-state index contributed by atoms with van der Waals surface area (Å²) in [5.74, 6) is -0.216. The Morgan fingerprint density at radius 3 is 2.55 bits per heavy atom. The van der Waals surface area contributed by atoms with Crippen molar-refractivity contribution in [3.05, 3.63) is 65.4 Å². The lowest BCUT2D eigenvalue weighted by molar-refractivity contribution is -0.0258. The first-order valence-corrected chi connectivity index (χ1v) is 10.7. The van der Waals surface area contributed by atoms with Crippen molar-refractivity contribution in [2.24, 2.45) is 0 Å². The Bertz CT molecular complexity index is 1190. The van der Waals surface area contributed by atoms with Gasteiger partial charge in [0.15, 0.2) is 0 Å². The molecule has 0 unspecified atom stereocenters. The number of fused-ring (bicyclic) bond motifs is 2. The minimum Gasteiger partial charge on any atom is -0.322 e. The second kappa shape index (κ2) is 7.55. The van der Waals surface area contributed by atoms with Crippen molar-refractivity contribution in [1.82, 2.24) is 9.45 Å². The third-order valence-electron chi connectivity index (χ3n) is 5.15. The second-order valence-electron chi connectivity index (χ2n) is 6.86. The van der Waals surface area contributed by atoms with E-state index in [1.165, 1.54) is 26.3 Å². The van der Waals surface area contributed by atoms with E-state index in [0.717, 1.165) is 45.9 Å². The van der Waals surface area contributed by atoms with Crippen LogP contribution in [0.4, 0.5) is 5.69 Å². The van der Waals surface area contributed by atoms with Crippen LogP contribution in [0, 0.1) is 0 Å². The maximum Gasteiger partial charge on any atom is 0.264 e. The average Bonchev–Trinajstić information content (AvgIpc) is 3.19. The fourth-order valence-electron chi connectivity index (χ4n) is 3.62. The number of hydrogen-bond acceptors (Lipinski definition) is 5. The van der Waals surface area contributed by atoms with Crippen LogP contribution >= 0.6 is 0 Å². The fourth-order valence-corrected chi connectivity index (χ4v) is 4.59. The minimum absolute atomic E-state index is 0.0788. The number of para-hydroxylation sites is 1. The van der Waals surface area contributed by atoms with Crippen molar-refractivity contribution in [2.75, 3.05) is 19.5 Å². The molecule has 3 aromatic rings. The van der Waals surface area contributed by atoms with Crippen molar-refractivity contribution in [3.63, 3.8) is 0 Å². The normalized spacial score (nSPS) is 13.6. The minimum atomic E-state index is -3.73. The molecule has 0 saturated heterocycles. The van der Waals surface area contributed by atoms with Crippen LogP contribution in [0.3, 0.4) is 0 Å². The van der Waals surface area contributed by atoms with E-state index < -0.39 is 10.0 Å². The van der Waals surface area contributed by atoms with Crippen LogP contribution in [0.25, 0.3) is 10.9 Å². The molecule has 2 aromatic carbocycles. The van der Waals surface area contributed by atoms with E-state index in [4.69, 9.17) is 9.82 Å². The monoisotopic (exact) mass is 411 g/mol. The maximum atomic E-state index is 13.1. The standard InChI is InChI=1S/C21H21N3O4S/c1-24(28-2)29(26,27)15-12-10-14(11-13-15)22-21(25)20-16-6-3-4-8-18(16)23-19-9-5-7-17(19)20/h3-4,6,8,10-13H,5,7,9H2,1-2H3,(H,22,25). The van der Waals surface area contributed by atoms with Crippen LogP contribution in [0.1, 0.15) is 28.0 Å². The first-order valence-electron chi connectivity index (χ1n) is 9.27. The molecular weight excluding hydrogens is 390 g/mol. The molecule has 1 aliphatic carbocycles. The van der Waals surface area contributed by atoms with Crippen LogP contribution in [0.15, 0.2) is 53.4 Å². The van der Waals surface area contributed by atoms with Gasteiger partial charge < -0.3 is 5.32 Å². The highest BCUT2D eigenvalue weighted by Crippen LogP contribution is 2.30. The van der Waals surface area contributed by atoms with Gasteiger partial charge in [-0.3, -0.25) is 14.6 Å². The molecule has 0 radical (unpaired) electrons. The third kappa shape index (κ3) is 3.50. The molecule has 7 nitrogen and oxygen atoms in total. The first kappa shape index (κ1) is 19.5. The number of rotatable bonds is 5. The van der Waals surface area contributed by atoms with Gasteiger partial charge in [0, 0.05) is 23.8 Å². The lowest BCUT2D eigenvalue weighted by Crippen LogP contribution is -2.25. The number of amides is 1. The summed E-state index contributed by atoms with van der Waals surface area (Å²) in [4.78, 5) is 22.7.